The maximum Gasteiger partial charge on any atom is 0.120 e. The smallest absolute Gasteiger partial charge is 0.120 e. The first-order valence-corrected chi connectivity index (χ1v) is 4.62. The second-order valence-corrected chi connectivity index (χ2v) is 3.05. The van der Waals surface area contributed by atoms with Crippen LogP contribution < -0.4 is 5.73 Å². The van der Waals surface area contributed by atoms with Crippen molar-refractivity contribution in [3.05, 3.63) is 23.7 Å². The fourth-order valence-electron chi connectivity index (χ4n) is 1.24. The second-order valence-electron chi connectivity index (χ2n) is 3.05. The van der Waals surface area contributed by atoms with E-state index in [9.17, 15) is 0 Å². The Bertz CT molecular complexity index is 229. The monoisotopic (exact) mass is 167 g/mol. The average Bonchev–Trinajstić information content (AvgIpc) is 2.52. The van der Waals surface area contributed by atoms with Crippen molar-refractivity contribution in [1.82, 2.24) is 0 Å². The standard InChI is InChI=1S/C10H17NO/c1-3-5-9(11)10-7-6-8(4-2)12-10/h6-7,9H,3-5,11H2,1-2H3/t9-/m1/s1. The van der Waals surface area contributed by atoms with Gasteiger partial charge in [0.2, 0.25) is 0 Å². The lowest BCUT2D eigenvalue weighted by atomic mass is 10.1. The molecule has 1 aromatic heterocycles. The van der Waals surface area contributed by atoms with Crippen molar-refractivity contribution in [1.29, 1.82) is 0 Å². The van der Waals surface area contributed by atoms with Crippen LogP contribution >= 0.6 is 0 Å². The molecular weight excluding hydrogens is 150 g/mol. The Hall–Kier alpha value is -0.760. The zero-order valence-electron chi connectivity index (χ0n) is 7.84. The SMILES string of the molecule is CCC[C@@H](N)c1ccc(CC)o1. The molecule has 0 aromatic carbocycles. The summed E-state index contributed by atoms with van der Waals surface area (Å²) in [6.07, 6.45) is 3.04. The van der Waals surface area contributed by atoms with Crippen LogP contribution in [0.5, 0.6) is 0 Å². The highest BCUT2D eigenvalue weighted by Gasteiger charge is 2.08. The molecule has 0 saturated heterocycles. The Labute approximate surface area is 73.8 Å². The van der Waals surface area contributed by atoms with Crippen LogP contribution in [0.4, 0.5) is 0 Å². The molecule has 0 radical (unpaired) electrons. The van der Waals surface area contributed by atoms with Crippen LogP contribution in [0.1, 0.15) is 44.3 Å². The minimum Gasteiger partial charge on any atom is -0.464 e. The van der Waals surface area contributed by atoms with Gasteiger partial charge in [0.15, 0.2) is 0 Å². The topological polar surface area (TPSA) is 39.2 Å². The lowest BCUT2D eigenvalue weighted by Gasteiger charge is -2.05. The molecule has 0 aliphatic carbocycles. The molecule has 12 heavy (non-hydrogen) atoms. The second kappa shape index (κ2) is 4.31. The van der Waals surface area contributed by atoms with Crippen LogP contribution in [0, 0.1) is 0 Å². The van der Waals surface area contributed by atoms with E-state index in [-0.39, 0.29) is 6.04 Å². The van der Waals surface area contributed by atoms with Crippen LogP contribution in [0.25, 0.3) is 0 Å². The summed E-state index contributed by atoms with van der Waals surface area (Å²) in [4.78, 5) is 0. The van der Waals surface area contributed by atoms with Gasteiger partial charge >= 0.3 is 0 Å². The molecule has 2 N–H and O–H groups in total. The molecule has 1 aromatic rings. The minimum atomic E-state index is 0.0790. The van der Waals surface area contributed by atoms with Gasteiger partial charge in [-0.1, -0.05) is 20.3 Å². The van der Waals surface area contributed by atoms with Crippen molar-refractivity contribution in [3.63, 3.8) is 0 Å². The lowest BCUT2D eigenvalue weighted by molar-refractivity contribution is 0.423. The first kappa shape index (κ1) is 9.33. The van der Waals surface area contributed by atoms with Gasteiger partial charge in [0.25, 0.3) is 0 Å². The number of furan rings is 1. The fraction of sp³-hybridized carbons (Fsp3) is 0.600. The first-order valence-electron chi connectivity index (χ1n) is 4.62. The molecule has 0 bridgehead atoms. The van der Waals surface area contributed by atoms with E-state index in [0.29, 0.717) is 0 Å². The van der Waals surface area contributed by atoms with Crippen molar-refractivity contribution in [2.45, 2.75) is 39.2 Å². The highest BCUT2D eigenvalue weighted by Crippen LogP contribution is 2.18. The van der Waals surface area contributed by atoms with Gasteiger partial charge in [-0.25, -0.2) is 0 Å². The molecule has 0 aliphatic rings. The van der Waals surface area contributed by atoms with Gasteiger partial charge in [0, 0.05) is 6.42 Å². The maximum absolute atomic E-state index is 5.88. The van der Waals surface area contributed by atoms with E-state index < -0.39 is 0 Å². The van der Waals surface area contributed by atoms with Gasteiger partial charge in [0.1, 0.15) is 11.5 Å². The Kier molecular flexibility index (Phi) is 3.35. The van der Waals surface area contributed by atoms with E-state index in [1.165, 1.54) is 0 Å². The molecule has 1 atom stereocenters. The summed E-state index contributed by atoms with van der Waals surface area (Å²) in [7, 11) is 0. The van der Waals surface area contributed by atoms with Crippen LogP contribution in [0.3, 0.4) is 0 Å². The summed E-state index contributed by atoms with van der Waals surface area (Å²) in [6.45, 7) is 4.21. The van der Waals surface area contributed by atoms with Gasteiger partial charge in [-0.3, -0.25) is 0 Å². The van der Waals surface area contributed by atoms with Gasteiger partial charge < -0.3 is 10.2 Å². The number of aryl methyl sites for hydroxylation is 1. The van der Waals surface area contributed by atoms with Crippen LogP contribution in [-0.2, 0) is 6.42 Å². The normalized spacial score (nSPS) is 13.2. The Morgan fingerprint density at radius 3 is 2.67 bits per heavy atom. The zero-order chi connectivity index (χ0) is 8.97. The van der Waals surface area contributed by atoms with Crippen molar-refractivity contribution in [2.75, 3.05) is 0 Å². The molecule has 0 fully saturated rings. The summed E-state index contributed by atoms with van der Waals surface area (Å²) >= 11 is 0. The summed E-state index contributed by atoms with van der Waals surface area (Å²) in [6, 6.07) is 4.07. The molecule has 1 heterocycles. The number of rotatable bonds is 4. The quantitative estimate of drug-likeness (QED) is 0.748. The predicted molar refractivity (Wildman–Crippen MR) is 49.9 cm³/mol. The van der Waals surface area contributed by atoms with E-state index >= 15 is 0 Å². The van der Waals surface area contributed by atoms with E-state index in [2.05, 4.69) is 13.8 Å². The van der Waals surface area contributed by atoms with E-state index in [1.54, 1.807) is 0 Å². The van der Waals surface area contributed by atoms with Crippen molar-refractivity contribution < 1.29 is 4.42 Å². The van der Waals surface area contributed by atoms with Gasteiger partial charge in [0.05, 0.1) is 6.04 Å². The van der Waals surface area contributed by atoms with Crippen molar-refractivity contribution >= 4 is 0 Å². The third kappa shape index (κ3) is 2.11. The maximum atomic E-state index is 5.88. The summed E-state index contributed by atoms with van der Waals surface area (Å²) in [5.74, 6) is 1.95. The predicted octanol–water partition coefficient (Wildman–Crippen LogP) is 2.64. The van der Waals surface area contributed by atoms with E-state index in [4.69, 9.17) is 10.2 Å². The van der Waals surface area contributed by atoms with Crippen LogP contribution in [-0.4, -0.2) is 0 Å². The fourth-order valence-corrected chi connectivity index (χ4v) is 1.24. The first-order chi connectivity index (χ1) is 5.77. The molecule has 68 valence electrons. The van der Waals surface area contributed by atoms with Gasteiger partial charge in [-0.2, -0.15) is 0 Å². The highest BCUT2D eigenvalue weighted by molar-refractivity contribution is 5.10. The third-order valence-corrected chi connectivity index (χ3v) is 2.00. The number of nitrogens with two attached hydrogens (primary N) is 1. The van der Waals surface area contributed by atoms with Crippen molar-refractivity contribution in [3.8, 4) is 0 Å². The molecule has 0 amide bonds. The number of hydrogen-bond donors (Lipinski definition) is 1. The minimum absolute atomic E-state index is 0.0790. The zero-order valence-corrected chi connectivity index (χ0v) is 7.84. The molecule has 0 spiro atoms. The van der Waals surface area contributed by atoms with Gasteiger partial charge in [-0.15, -0.1) is 0 Å². The summed E-state index contributed by atoms with van der Waals surface area (Å²) < 4.78 is 5.52. The van der Waals surface area contributed by atoms with Crippen molar-refractivity contribution in [2.24, 2.45) is 5.73 Å². The summed E-state index contributed by atoms with van der Waals surface area (Å²) in [5.41, 5.74) is 5.88. The molecule has 2 heteroatoms. The number of hydrogen-bond acceptors (Lipinski definition) is 2. The van der Waals surface area contributed by atoms with E-state index in [1.807, 2.05) is 12.1 Å². The van der Waals surface area contributed by atoms with Crippen LogP contribution in [0.2, 0.25) is 0 Å². The molecule has 2 nitrogen and oxygen atoms in total. The Balaban J connectivity index is 2.61. The largest absolute Gasteiger partial charge is 0.464 e. The molecule has 0 unspecified atom stereocenters. The Morgan fingerprint density at radius 2 is 2.17 bits per heavy atom. The third-order valence-electron chi connectivity index (χ3n) is 2.00. The van der Waals surface area contributed by atoms with Crippen LogP contribution in [0.15, 0.2) is 16.5 Å². The molecule has 0 saturated carbocycles. The van der Waals surface area contributed by atoms with Gasteiger partial charge in [-0.05, 0) is 18.6 Å². The average molecular weight is 167 g/mol. The lowest BCUT2D eigenvalue weighted by Crippen LogP contribution is -2.08. The Morgan fingerprint density at radius 1 is 1.42 bits per heavy atom. The highest BCUT2D eigenvalue weighted by atomic mass is 16.3. The van der Waals surface area contributed by atoms with E-state index in [0.717, 1.165) is 30.8 Å². The summed E-state index contributed by atoms with van der Waals surface area (Å²) in [5, 5.41) is 0. The molecular formula is C10H17NO. The molecule has 0 aliphatic heterocycles. The molecule has 1 rings (SSSR count).